The van der Waals surface area contributed by atoms with Gasteiger partial charge >= 0.3 is 0 Å². The number of para-hydroxylation sites is 1. The minimum absolute atomic E-state index is 0.0854. The van der Waals surface area contributed by atoms with Crippen LogP contribution >= 0.6 is 0 Å². The molecule has 31 heavy (non-hydrogen) atoms. The van der Waals surface area contributed by atoms with Gasteiger partial charge in [-0.15, -0.1) is 0 Å². The summed E-state index contributed by atoms with van der Waals surface area (Å²) in [5.74, 6) is -1.54. The number of benzene rings is 2. The highest BCUT2D eigenvalue weighted by atomic mass is 16.2. The average Bonchev–Trinajstić information content (AvgIpc) is 3.06. The SMILES string of the molecule is Cc1nn(-c2ccccc2)c(C)c1C(=O)C(=O)NCc1cccc(NC(=O)C(C)C)c1. The van der Waals surface area contributed by atoms with Gasteiger partial charge in [0.2, 0.25) is 5.91 Å². The molecule has 0 aliphatic heterocycles. The van der Waals surface area contributed by atoms with Crippen LogP contribution in [0.25, 0.3) is 5.69 Å². The van der Waals surface area contributed by atoms with E-state index in [9.17, 15) is 14.4 Å². The third kappa shape index (κ3) is 5.06. The van der Waals surface area contributed by atoms with Crippen molar-refractivity contribution >= 4 is 23.3 Å². The van der Waals surface area contributed by atoms with Crippen molar-refractivity contribution in [3.05, 3.63) is 77.1 Å². The normalized spacial score (nSPS) is 10.7. The standard InChI is InChI=1S/C24H26N4O3/c1-15(2)23(30)26-19-10-8-9-18(13-19)14-25-24(31)22(29)21-16(3)27-28(17(21)4)20-11-6-5-7-12-20/h5-13,15H,14H2,1-4H3,(H,25,31)(H,26,30). The van der Waals surface area contributed by atoms with E-state index in [1.54, 1.807) is 36.7 Å². The number of carbonyl (C=O) groups is 3. The van der Waals surface area contributed by atoms with E-state index in [0.717, 1.165) is 11.3 Å². The van der Waals surface area contributed by atoms with E-state index >= 15 is 0 Å². The number of hydrogen-bond acceptors (Lipinski definition) is 4. The highest BCUT2D eigenvalue weighted by Crippen LogP contribution is 2.19. The maximum absolute atomic E-state index is 12.8. The lowest BCUT2D eigenvalue weighted by atomic mass is 10.1. The molecule has 0 saturated heterocycles. The van der Waals surface area contributed by atoms with Crippen LogP contribution in [0.2, 0.25) is 0 Å². The van der Waals surface area contributed by atoms with Crippen LogP contribution < -0.4 is 10.6 Å². The Morgan fingerprint density at radius 3 is 2.39 bits per heavy atom. The van der Waals surface area contributed by atoms with E-state index in [1.165, 1.54) is 0 Å². The van der Waals surface area contributed by atoms with Gasteiger partial charge in [-0.2, -0.15) is 5.10 Å². The van der Waals surface area contributed by atoms with E-state index in [4.69, 9.17) is 0 Å². The van der Waals surface area contributed by atoms with Gasteiger partial charge in [0.1, 0.15) is 0 Å². The van der Waals surface area contributed by atoms with Crippen LogP contribution in [-0.2, 0) is 16.1 Å². The number of carbonyl (C=O) groups excluding carboxylic acids is 3. The fourth-order valence-electron chi connectivity index (χ4n) is 3.21. The molecule has 1 aromatic heterocycles. The van der Waals surface area contributed by atoms with E-state index in [1.807, 2.05) is 50.2 Å². The first-order valence-corrected chi connectivity index (χ1v) is 10.1. The molecule has 0 aliphatic carbocycles. The molecule has 2 aromatic carbocycles. The smallest absolute Gasteiger partial charge is 0.292 e. The maximum Gasteiger partial charge on any atom is 0.292 e. The molecule has 0 fully saturated rings. The van der Waals surface area contributed by atoms with Crippen LogP contribution in [0.3, 0.4) is 0 Å². The molecule has 0 spiro atoms. The highest BCUT2D eigenvalue weighted by molar-refractivity contribution is 6.43. The predicted molar refractivity (Wildman–Crippen MR) is 119 cm³/mol. The Balaban J connectivity index is 1.70. The molecule has 3 rings (SSSR count). The largest absolute Gasteiger partial charge is 0.345 e. The zero-order valence-electron chi connectivity index (χ0n) is 18.1. The second-order valence-electron chi connectivity index (χ2n) is 7.65. The van der Waals surface area contributed by atoms with E-state index in [0.29, 0.717) is 22.6 Å². The molecule has 2 N–H and O–H groups in total. The number of nitrogens with one attached hydrogen (secondary N) is 2. The molecule has 3 aromatic rings. The minimum atomic E-state index is -0.699. The lowest BCUT2D eigenvalue weighted by molar-refractivity contribution is -0.119. The molecular formula is C24H26N4O3. The fourth-order valence-corrected chi connectivity index (χ4v) is 3.21. The van der Waals surface area contributed by atoms with Crippen molar-refractivity contribution in [1.29, 1.82) is 0 Å². The molecule has 0 aliphatic rings. The predicted octanol–water partition coefficient (Wildman–Crippen LogP) is 3.58. The van der Waals surface area contributed by atoms with Crippen LogP contribution in [0.1, 0.15) is 41.2 Å². The molecule has 7 nitrogen and oxygen atoms in total. The van der Waals surface area contributed by atoms with Crippen LogP contribution in [0, 0.1) is 19.8 Å². The number of aromatic nitrogens is 2. The molecule has 0 saturated carbocycles. The van der Waals surface area contributed by atoms with Gasteiger partial charge in [0, 0.05) is 18.2 Å². The van der Waals surface area contributed by atoms with Gasteiger partial charge in [0.25, 0.3) is 11.7 Å². The topological polar surface area (TPSA) is 93.1 Å². The van der Waals surface area contributed by atoms with Crippen molar-refractivity contribution in [2.24, 2.45) is 5.92 Å². The summed E-state index contributed by atoms with van der Waals surface area (Å²) < 4.78 is 1.66. The van der Waals surface area contributed by atoms with Gasteiger partial charge < -0.3 is 10.6 Å². The second-order valence-corrected chi connectivity index (χ2v) is 7.65. The number of hydrogen-bond donors (Lipinski definition) is 2. The number of amides is 2. The van der Waals surface area contributed by atoms with Crippen molar-refractivity contribution < 1.29 is 14.4 Å². The number of anilines is 1. The third-order valence-electron chi connectivity index (χ3n) is 4.90. The molecule has 160 valence electrons. The molecule has 7 heteroatoms. The van der Waals surface area contributed by atoms with E-state index in [2.05, 4.69) is 15.7 Å². The number of rotatable bonds is 7. The zero-order valence-corrected chi connectivity index (χ0v) is 18.1. The Bertz CT molecular complexity index is 1120. The Hall–Kier alpha value is -3.74. The van der Waals surface area contributed by atoms with Crippen molar-refractivity contribution in [1.82, 2.24) is 15.1 Å². The first-order chi connectivity index (χ1) is 14.8. The van der Waals surface area contributed by atoms with Crippen molar-refractivity contribution in [3.63, 3.8) is 0 Å². The quantitative estimate of drug-likeness (QED) is 0.453. The van der Waals surface area contributed by atoms with Crippen LogP contribution in [0.15, 0.2) is 54.6 Å². The maximum atomic E-state index is 12.8. The Labute approximate surface area is 181 Å². The Morgan fingerprint density at radius 2 is 1.71 bits per heavy atom. The fraction of sp³-hybridized carbons (Fsp3) is 0.250. The molecular weight excluding hydrogens is 392 g/mol. The highest BCUT2D eigenvalue weighted by Gasteiger charge is 2.24. The van der Waals surface area contributed by atoms with Gasteiger partial charge in [-0.3, -0.25) is 14.4 Å². The summed E-state index contributed by atoms with van der Waals surface area (Å²) in [6, 6.07) is 16.6. The number of ketones is 1. The summed E-state index contributed by atoms with van der Waals surface area (Å²) in [5.41, 5.74) is 3.66. The lowest BCUT2D eigenvalue weighted by Gasteiger charge is -2.10. The molecule has 0 radical (unpaired) electrons. The first-order valence-electron chi connectivity index (χ1n) is 10.1. The Morgan fingerprint density at radius 1 is 1.00 bits per heavy atom. The first kappa shape index (κ1) is 22.0. The zero-order chi connectivity index (χ0) is 22.5. The molecule has 0 atom stereocenters. The van der Waals surface area contributed by atoms with Crippen molar-refractivity contribution in [2.45, 2.75) is 34.2 Å². The lowest BCUT2D eigenvalue weighted by Crippen LogP contribution is -2.31. The van der Waals surface area contributed by atoms with Crippen LogP contribution in [0.4, 0.5) is 5.69 Å². The number of nitrogens with zero attached hydrogens (tertiary/aromatic N) is 2. The van der Waals surface area contributed by atoms with Gasteiger partial charge in [-0.1, -0.05) is 44.2 Å². The van der Waals surface area contributed by atoms with Gasteiger partial charge in [-0.25, -0.2) is 4.68 Å². The number of aryl methyl sites for hydroxylation is 1. The molecule has 1 heterocycles. The minimum Gasteiger partial charge on any atom is -0.345 e. The summed E-state index contributed by atoms with van der Waals surface area (Å²) >= 11 is 0. The van der Waals surface area contributed by atoms with Gasteiger partial charge in [0.05, 0.1) is 22.6 Å². The third-order valence-corrected chi connectivity index (χ3v) is 4.90. The van der Waals surface area contributed by atoms with E-state index in [-0.39, 0.29) is 18.4 Å². The summed E-state index contributed by atoms with van der Waals surface area (Å²) in [7, 11) is 0. The summed E-state index contributed by atoms with van der Waals surface area (Å²) in [6.07, 6.45) is 0. The van der Waals surface area contributed by atoms with Crippen molar-refractivity contribution in [2.75, 3.05) is 5.32 Å². The monoisotopic (exact) mass is 418 g/mol. The molecule has 2 amide bonds. The average molecular weight is 418 g/mol. The molecule has 0 bridgehead atoms. The Kier molecular flexibility index (Phi) is 6.65. The van der Waals surface area contributed by atoms with Crippen molar-refractivity contribution in [3.8, 4) is 5.69 Å². The summed E-state index contributed by atoms with van der Waals surface area (Å²) in [5, 5.41) is 9.92. The van der Waals surface area contributed by atoms with Gasteiger partial charge in [-0.05, 0) is 43.7 Å². The summed E-state index contributed by atoms with van der Waals surface area (Å²) in [4.78, 5) is 37.2. The van der Waals surface area contributed by atoms with E-state index < -0.39 is 11.7 Å². The van der Waals surface area contributed by atoms with Crippen LogP contribution in [-0.4, -0.2) is 27.4 Å². The van der Waals surface area contributed by atoms with Gasteiger partial charge in [0.15, 0.2) is 0 Å². The summed E-state index contributed by atoms with van der Waals surface area (Å²) in [6.45, 7) is 7.28. The molecule has 0 unspecified atom stereocenters. The van der Waals surface area contributed by atoms with Crippen LogP contribution in [0.5, 0.6) is 0 Å². The number of Topliss-reactive ketones (excluding diaryl/α,β-unsaturated/α-hetero) is 1. The second kappa shape index (κ2) is 9.38.